The van der Waals surface area contributed by atoms with Crippen LogP contribution in [0, 0.1) is 0 Å². The Labute approximate surface area is 255 Å². The van der Waals surface area contributed by atoms with Crippen molar-refractivity contribution in [3.05, 3.63) is 94.6 Å². The van der Waals surface area contributed by atoms with E-state index in [1.165, 1.54) is 12.1 Å². The second kappa shape index (κ2) is 11.0. The average molecular weight is 758 g/mol. The molecule has 2 aliphatic heterocycles. The molecule has 2 aliphatic rings. The molecular weight excluding hydrogens is 739 g/mol. The number of aromatic carboxylic acids is 2. The van der Waals surface area contributed by atoms with Crippen molar-refractivity contribution in [3.63, 3.8) is 0 Å². The van der Waals surface area contributed by atoms with E-state index in [4.69, 9.17) is 0 Å². The number of hydrogen-bond acceptors (Lipinski definition) is 6. The second-order valence-corrected chi connectivity index (χ2v) is 9.30. The van der Waals surface area contributed by atoms with Crippen molar-refractivity contribution in [3.8, 4) is 11.1 Å². The molecule has 5 heterocycles. The SMILES string of the molecule is O=C(O)C1=Cc2cc3ccc(cc4nc(cc5c(-c6ccccc6)c(C(=O)O)c(c(C(=O)O)c1n2)n5C(=O)O)C=C4)[nH]3.[Pt]. The maximum atomic E-state index is 12.9. The van der Waals surface area contributed by atoms with Crippen LogP contribution in [-0.4, -0.2) is 63.9 Å². The molecule has 0 saturated carbocycles. The van der Waals surface area contributed by atoms with E-state index in [1.807, 2.05) is 0 Å². The van der Waals surface area contributed by atoms with E-state index in [-0.39, 0.29) is 49.1 Å². The van der Waals surface area contributed by atoms with Crippen LogP contribution in [0.1, 0.15) is 43.5 Å². The van der Waals surface area contributed by atoms with Gasteiger partial charge in [0.05, 0.1) is 44.9 Å². The standard InChI is InChI=1S/C30H18N4O8.Pt/c35-27(36)20-12-19-11-17-7-6-15(31-17)10-16-8-9-18(32-16)13-21-22(14-4-2-1-3-5-14)23(28(37)38)26(34(21)30(41)42)24(29(39)40)25(20)33-19;/h1-13,31H,(H,35,36)(H,37,38)(H,39,40)(H,41,42);. The van der Waals surface area contributed by atoms with E-state index in [1.54, 1.807) is 60.7 Å². The molecule has 8 bridgehead atoms. The molecule has 0 amide bonds. The van der Waals surface area contributed by atoms with E-state index in [9.17, 15) is 39.6 Å². The number of carbonyl (C=O) groups is 4. The van der Waals surface area contributed by atoms with E-state index >= 15 is 0 Å². The van der Waals surface area contributed by atoms with Crippen molar-refractivity contribution in [2.75, 3.05) is 0 Å². The first-order valence-corrected chi connectivity index (χ1v) is 12.3. The summed E-state index contributed by atoms with van der Waals surface area (Å²) >= 11 is 0. The summed E-state index contributed by atoms with van der Waals surface area (Å²) in [5.74, 6) is -4.95. The number of fused-ring (bicyclic) bond motifs is 8. The van der Waals surface area contributed by atoms with Gasteiger partial charge in [0.25, 0.3) is 0 Å². The third kappa shape index (κ3) is 5.04. The third-order valence-corrected chi connectivity index (χ3v) is 6.69. The second-order valence-electron chi connectivity index (χ2n) is 9.30. The summed E-state index contributed by atoms with van der Waals surface area (Å²) in [6.45, 7) is 0. The van der Waals surface area contributed by atoms with Gasteiger partial charge in [0.1, 0.15) is 5.56 Å². The van der Waals surface area contributed by atoms with Crippen molar-refractivity contribution >= 4 is 69.9 Å². The molecule has 13 heteroatoms. The minimum absolute atomic E-state index is 0. The van der Waals surface area contributed by atoms with Gasteiger partial charge in [0.2, 0.25) is 0 Å². The first-order chi connectivity index (χ1) is 20.1. The molecule has 0 fully saturated rings. The largest absolute Gasteiger partial charge is 0.478 e. The number of carboxylic acid groups (broad SMARTS) is 4. The van der Waals surface area contributed by atoms with Crippen LogP contribution in [0.3, 0.4) is 0 Å². The van der Waals surface area contributed by atoms with Gasteiger partial charge in [0, 0.05) is 37.7 Å². The van der Waals surface area contributed by atoms with Crippen LogP contribution in [0.4, 0.5) is 4.79 Å². The molecule has 1 aromatic carbocycles. The van der Waals surface area contributed by atoms with Gasteiger partial charge in [-0.15, -0.1) is 0 Å². The predicted octanol–water partition coefficient (Wildman–Crippen LogP) is 5.17. The summed E-state index contributed by atoms with van der Waals surface area (Å²) in [4.78, 5) is 62.7. The third-order valence-electron chi connectivity index (χ3n) is 6.69. The molecule has 0 saturated heterocycles. The fraction of sp³-hybridized carbons (Fsp3) is 0. The van der Waals surface area contributed by atoms with Gasteiger partial charge >= 0.3 is 24.0 Å². The molecule has 0 atom stereocenters. The molecule has 5 N–H and O–H groups in total. The molecule has 0 radical (unpaired) electrons. The average Bonchev–Trinajstić information content (AvgIpc) is 3.71. The molecule has 0 aliphatic carbocycles. The monoisotopic (exact) mass is 757 g/mol. The number of aliphatic carboxylic acids is 1. The Morgan fingerprint density at radius 2 is 1.30 bits per heavy atom. The Morgan fingerprint density at radius 3 is 1.88 bits per heavy atom. The van der Waals surface area contributed by atoms with Crippen LogP contribution in [0.25, 0.3) is 57.0 Å². The normalized spacial score (nSPS) is 11.9. The Bertz CT molecular complexity index is 2110. The number of benzene rings is 1. The van der Waals surface area contributed by atoms with Gasteiger partial charge in [-0.25, -0.2) is 33.7 Å². The summed E-state index contributed by atoms with van der Waals surface area (Å²) < 4.78 is 0.527. The van der Waals surface area contributed by atoms with E-state index in [0.29, 0.717) is 21.3 Å². The Balaban J connectivity index is 0.00000368. The van der Waals surface area contributed by atoms with Crippen LogP contribution < -0.4 is 0 Å². The number of nitrogens with zero attached hydrogens (tertiary/aromatic N) is 3. The molecule has 43 heavy (non-hydrogen) atoms. The van der Waals surface area contributed by atoms with Gasteiger partial charge in [-0.1, -0.05) is 30.3 Å². The zero-order valence-electron chi connectivity index (χ0n) is 21.6. The molecule has 0 unspecified atom stereocenters. The summed E-state index contributed by atoms with van der Waals surface area (Å²) in [5, 5.41) is 41.3. The van der Waals surface area contributed by atoms with Crippen molar-refractivity contribution < 1.29 is 60.7 Å². The van der Waals surface area contributed by atoms with E-state index in [2.05, 4.69) is 15.0 Å². The van der Waals surface area contributed by atoms with Gasteiger partial charge in [-0.2, -0.15) is 0 Å². The summed E-state index contributed by atoms with van der Waals surface area (Å²) in [6, 6.07) is 16.0. The van der Waals surface area contributed by atoms with Gasteiger partial charge in [-0.05, 0) is 54.1 Å². The summed E-state index contributed by atoms with van der Waals surface area (Å²) in [7, 11) is 0. The predicted molar refractivity (Wildman–Crippen MR) is 152 cm³/mol. The molecule has 216 valence electrons. The Morgan fingerprint density at radius 1 is 0.698 bits per heavy atom. The van der Waals surface area contributed by atoms with Gasteiger partial charge < -0.3 is 25.4 Å². The first kappa shape index (κ1) is 28.9. The van der Waals surface area contributed by atoms with Gasteiger partial charge in [0.15, 0.2) is 0 Å². The zero-order valence-corrected chi connectivity index (χ0v) is 23.9. The minimum atomic E-state index is -1.78. The van der Waals surface area contributed by atoms with Crippen molar-refractivity contribution in [1.82, 2.24) is 19.5 Å². The van der Waals surface area contributed by atoms with Crippen LogP contribution in [0.2, 0.25) is 0 Å². The molecule has 0 spiro atoms. The van der Waals surface area contributed by atoms with Crippen LogP contribution in [0.15, 0.2) is 60.7 Å². The molecule has 3 aromatic heterocycles. The van der Waals surface area contributed by atoms with Crippen molar-refractivity contribution in [1.29, 1.82) is 0 Å². The number of hydrogen-bond donors (Lipinski definition) is 5. The number of carboxylic acids is 3. The summed E-state index contributed by atoms with van der Waals surface area (Å²) in [5.41, 5.74) is -1.49. The van der Waals surface area contributed by atoms with E-state index < -0.39 is 51.9 Å². The smallest absolute Gasteiger partial charge is 0.416 e. The van der Waals surface area contributed by atoms with Crippen LogP contribution in [-0.2, 0) is 25.9 Å². The molecule has 4 aromatic rings. The number of H-pyrrole nitrogens is 1. The summed E-state index contributed by atoms with van der Waals surface area (Å²) in [6.07, 6.45) is 2.71. The fourth-order valence-corrected chi connectivity index (χ4v) is 5.06. The molecular formula is C30H18N4O8Pt. The number of aromatic amines is 1. The Hall–Kier alpha value is -5.61. The maximum Gasteiger partial charge on any atom is 0.416 e. The van der Waals surface area contributed by atoms with E-state index in [0.717, 1.165) is 6.08 Å². The van der Waals surface area contributed by atoms with Gasteiger partial charge in [-0.3, -0.25) is 0 Å². The fourth-order valence-electron chi connectivity index (χ4n) is 5.06. The zero-order chi connectivity index (χ0) is 29.7. The maximum absolute atomic E-state index is 12.9. The van der Waals surface area contributed by atoms with Crippen molar-refractivity contribution in [2.45, 2.75) is 0 Å². The quantitative estimate of drug-likeness (QED) is 0.163. The number of nitrogens with one attached hydrogen (secondary N) is 1. The van der Waals surface area contributed by atoms with Crippen molar-refractivity contribution in [2.24, 2.45) is 0 Å². The Kier molecular flexibility index (Phi) is 7.39. The first-order valence-electron chi connectivity index (χ1n) is 12.3. The minimum Gasteiger partial charge on any atom is -0.478 e. The molecule has 12 nitrogen and oxygen atoms in total. The molecule has 6 rings (SSSR count). The van der Waals surface area contributed by atoms with Crippen LogP contribution >= 0.6 is 0 Å². The number of aromatic nitrogens is 4. The number of rotatable bonds is 4. The topological polar surface area (TPSA) is 196 Å². The van der Waals surface area contributed by atoms with Crippen LogP contribution in [0.5, 0.6) is 0 Å².